The van der Waals surface area contributed by atoms with Crippen molar-refractivity contribution in [2.45, 2.75) is 109 Å². The van der Waals surface area contributed by atoms with Gasteiger partial charge in [0.2, 0.25) is 11.8 Å². The fourth-order valence-corrected chi connectivity index (χ4v) is 6.11. The number of ether oxygens (including phenoxy) is 3. The van der Waals surface area contributed by atoms with Gasteiger partial charge in [0.05, 0.1) is 36.3 Å². The van der Waals surface area contributed by atoms with Crippen molar-refractivity contribution in [1.82, 2.24) is 10.2 Å². The summed E-state index contributed by atoms with van der Waals surface area (Å²) in [7, 11) is 1.62. The summed E-state index contributed by atoms with van der Waals surface area (Å²) in [6, 6.07) is 2.51. The number of piperidine rings is 1. The van der Waals surface area contributed by atoms with Crippen molar-refractivity contribution < 1.29 is 38.1 Å². The number of carbonyl (C=O) groups excluding carboxylic acids is 3. The second-order valence-corrected chi connectivity index (χ2v) is 13.4. The van der Waals surface area contributed by atoms with E-state index in [9.17, 15) is 19.5 Å². The Morgan fingerprint density at radius 2 is 1.77 bits per heavy atom. The van der Waals surface area contributed by atoms with Gasteiger partial charge in [0.25, 0.3) is 0 Å². The lowest BCUT2D eigenvalue weighted by Crippen LogP contribution is -2.55. The molecule has 0 aromatic heterocycles. The molecule has 0 spiro atoms. The van der Waals surface area contributed by atoms with Crippen LogP contribution in [0.5, 0.6) is 5.75 Å². The Kier molecular flexibility index (Phi) is 11.5. The van der Waals surface area contributed by atoms with Crippen LogP contribution in [0.4, 0.5) is 14.9 Å². The number of carbonyl (C=O) groups is 3. The number of aliphatic hydroxyl groups excluding tert-OH is 1. The van der Waals surface area contributed by atoms with Crippen LogP contribution in [-0.4, -0.2) is 85.1 Å². The molecule has 2 N–H and O–H groups in total. The second-order valence-electron chi connectivity index (χ2n) is 13.4. The third-order valence-corrected chi connectivity index (χ3v) is 8.55. The summed E-state index contributed by atoms with van der Waals surface area (Å²) in [5.74, 6) is -2.05. The fraction of sp³-hybridized carbons (Fsp3) is 0.727. The van der Waals surface area contributed by atoms with Gasteiger partial charge < -0.3 is 34.4 Å². The zero-order chi connectivity index (χ0) is 32.0. The number of amides is 3. The normalized spacial score (nSPS) is 24.0. The van der Waals surface area contributed by atoms with Gasteiger partial charge in [-0.1, -0.05) is 19.8 Å². The molecule has 3 amide bonds. The van der Waals surface area contributed by atoms with Gasteiger partial charge >= 0.3 is 6.09 Å². The third-order valence-electron chi connectivity index (χ3n) is 8.55. The zero-order valence-electron chi connectivity index (χ0n) is 26.9. The lowest BCUT2D eigenvalue weighted by molar-refractivity contribution is -0.132. The number of halogens is 1. The van der Waals surface area contributed by atoms with Crippen LogP contribution in [0, 0.1) is 17.7 Å². The van der Waals surface area contributed by atoms with Gasteiger partial charge in [-0.2, -0.15) is 0 Å². The first-order valence-corrected chi connectivity index (χ1v) is 16.1. The van der Waals surface area contributed by atoms with Crippen molar-refractivity contribution in [3.8, 4) is 5.75 Å². The van der Waals surface area contributed by atoms with Crippen LogP contribution in [0.25, 0.3) is 0 Å². The molecule has 1 aliphatic heterocycles. The topological polar surface area (TPSA) is 118 Å². The van der Waals surface area contributed by atoms with Gasteiger partial charge in [-0.25, -0.2) is 9.18 Å². The van der Waals surface area contributed by atoms with Gasteiger partial charge in [0.15, 0.2) is 0 Å². The summed E-state index contributed by atoms with van der Waals surface area (Å²) in [4.78, 5) is 44.0. The molecule has 1 aromatic rings. The van der Waals surface area contributed by atoms with Crippen molar-refractivity contribution in [2.24, 2.45) is 11.8 Å². The van der Waals surface area contributed by atoms with E-state index in [4.69, 9.17) is 14.2 Å². The molecule has 0 radical (unpaired) electrons. The maximum absolute atomic E-state index is 15.7. The largest absolute Gasteiger partial charge is 0.493 e. The van der Waals surface area contributed by atoms with Crippen LogP contribution in [0.2, 0.25) is 0 Å². The fourth-order valence-electron chi connectivity index (χ4n) is 6.11. The van der Waals surface area contributed by atoms with Crippen LogP contribution < -0.4 is 15.0 Å². The molecule has 10 nitrogen and oxygen atoms in total. The predicted octanol–water partition coefficient (Wildman–Crippen LogP) is 4.59. The minimum absolute atomic E-state index is 0.0574. The number of methoxy groups -OCH3 is 1. The Hall–Kier alpha value is -2.92. The first-order chi connectivity index (χ1) is 20.9. The molecule has 1 saturated heterocycles. The van der Waals surface area contributed by atoms with E-state index in [-0.39, 0.29) is 49.1 Å². The molecule has 3 aliphatic rings. The van der Waals surface area contributed by atoms with Crippen LogP contribution in [0.1, 0.15) is 84.6 Å². The average Bonchev–Trinajstić information content (AvgIpc) is 3.82. The Bertz CT molecular complexity index is 1170. The smallest absolute Gasteiger partial charge is 0.410 e. The minimum Gasteiger partial charge on any atom is -0.493 e. The van der Waals surface area contributed by atoms with Gasteiger partial charge in [0.1, 0.15) is 17.2 Å². The van der Waals surface area contributed by atoms with Crippen LogP contribution in [0.15, 0.2) is 12.1 Å². The quantitative estimate of drug-likeness (QED) is 0.348. The highest BCUT2D eigenvalue weighted by Crippen LogP contribution is 2.39. The van der Waals surface area contributed by atoms with E-state index in [2.05, 4.69) is 5.32 Å². The van der Waals surface area contributed by atoms with Crippen molar-refractivity contribution in [3.63, 3.8) is 0 Å². The van der Waals surface area contributed by atoms with Crippen molar-refractivity contribution >= 4 is 23.6 Å². The number of aryl methyl sites for hydroxylation is 1. The van der Waals surface area contributed by atoms with Crippen molar-refractivity contribution in [1.29, 1.82) is 0 Å². The van der Waals surface area contributed by atoms with E-state index in [1.807, 2.05) is 6.92 Å². The van der Waals surface area contributed by atoms with Gasteiger partial charge in [-0.15, -0.1) is 0 Å². The number of hydrogen-bond donors (Lipinski definition) is 2. The van der Waals surface area contributed by atoms with E-state index < -0.39 is 35.5 Å². The average molecular weight is 620 g/mol. The number of nitrogens with one attached hydrogen (secondary N) is 1. The molecule has 11 heteroatoms. The molecular formula is C33H50FN3O7. The molecule has 3 fully saturated rings. The Morgan fingerprint density at radius 3 is 2.41 bits per heavy atom. The summed E-state index contributed by atoms with van der Waals surface area (Å²) in [6.45, 7) is 8.29. The number of nitrogens with zero attached hydrogens (tertiary/aromatic N) is 2. The van der Waals surface area contributed by atoms with Crippen molar-refractivity contribution in [2.75, 3.05) is 38.3 Å². The molecule has 1 heterocycles. The number of aliphatic hydroxyl groups is 1. The Labute approximate surface area is 260 Å². The monoisotopic (exact) mass is 619 g/mol. The van der Waals surface area contributed by atoms with Gasteiger partial charge in [-0.3, -0.25) is 9.59 Å². The molecule has 0 unspecified atom stereocenters. The van der Waals surface area contributed by atoms with E-state index in [0.717, 1.165) is 25.7 Å². The molecule has 2 aliphatic carbocycles. The molecule has 0 bridgehead atoms. The van der Waals surface area contributed by atoms with E-state index in [1.165, 1.54) is 15.9 Å². The number of rotatable bonds is 11. The van der Waals surface area contributed by atoms with E-state index >= 15 is 4.39 Å². The lowest BCUT2D eigenvalue weighted by atomic mass is 9.86. The number of anilines is 1. The number of hydrogen-bond acceptors (Lipinski definition) is 7. The maximum atomic E-state index is 15.7. The Balaban J connectivity index is 1.60. The van der Waals surface area contributed by atoms with Crippen molar-refractivity contribution in [3.05, 3.63) is 23.5 Å². The highest BCUT2D eigenvalue weighted by atomic mass is 19.1. The summed E-state index contributed by atoms with van der Waals surface area (Å²) < 4.78 is 32.4. The van der Waals surface area contributed by atoms with Crippen LogP contribution >= 0.6 is 0 Å². The van der Waals surface area contributed by atoms with Gasteiger partial charge in [0, 0.05) is 45.3 Å². The molecule has 44 heavy (non-hydrogen) atoms. The first-order valence-electron chi connectivity index (χ1n) is 16.1. The highest BCUT2D eigenvalue weighted by Gasteiger charge is 2.44. The Morgan fingerprint density at radius 1 is 1.07 bits per heavy atom. The lowest BCUT2D eigenvalue weighted by Gasteiger charge is -2.40. The summed E-state index contributed by atoms with van der Waals surface area (Å²) >= 11 is 0. The standard InChI is InChI=1S/C33H50FN3O7/c1-6-21-17-25(34)27(18-29(21)43-15-9-14-42-5)37(24-12-13-24)31(40)23-16-22(19-36(20-23)32(41)44-33(2,3)4)30(39)35-26-10-7-8-11-28(26)38/h17-18,22-24,26,28,38H,6-16,19-20H2,1-5H3,(H,35,39)/t22-,23+,26+,28+/m0/s1. The SMILES string of the molecule is CCc1cc(F)c(N(C(=O)[C@@H]2C[C@H](C(=O)N[C@@H]3CCCC[C@H]3O)CN(C(=O)OC(C)(C)C)C2)C2CC2)cc1OCCCOC. The first kappa shape index (κ1) is 34.0. The van der Waals surface area contributed by atoms with Crippen LogP contribution in [0.3, 0.4) is 0 Å². The highest BCUT2D eigenvalue weighted by molar-refractivity contribution is 5.97. The van der Waals surface area contributed by atoms with Gasteiger partial charge in [-0.05, 0) is 70.9 Å². The maximum Gasteiger partial charge on any atom is 0.410 e. The van der Waals surface area contributed by atoms with E-state index in [1.54, 1.807) is 33.9 Å². The number of benzene rings is 1. The summed E-state index contributed by atoms with van der Waals surface area (Å²) in [5, 5.41) is 13.4. The molecule has 4 rings (SSSR count). The molecule has 246 valence electrons. The third kappa shape index (κ3) is 8.84. The minimum atomic E-state index is -0.762. The molecule has 1 aromatic carbocycles. The van der Waals surface area contributed by atoms with E-state index in [0.29, 0.717) is 50.2 Å². The molecule has 4 atom stereocenters. The molecular weight excluding hydrogens is 569 g/mol. The second kappa shape index (κ2) is 14.9. The predicted molar refractivity (Wildman–Crippen MR) is 164 cm³/mol. The molecule has 2 saturated carbocycles. The summed E-state index contributed by atoms with van der Waals surface area (Å²) in [6.07, 6.45) is 4.79. The number of likely N-dealkylation sites (tertiary alicyclic amines) is 1. The van der Waals surface area contributed by atoms with Crippen LogP contribution in [-0.2, 0) is 25.5 Å². The zero-order valence-corrected chi connectivity index (χ0v) is 26.9. The summed E-state index contributed by atoms with van der Waals surface area (Å²) in [5.41, 5.74) is 0.0985.